The second-order valence-electron chi connectivity index (χ2n) is 7.18. The first-order valence-electron chi connectivity index (χ1n) is 9.86. The number of amides is 1. The van der Waals surface area contributed by atoms with E-state index in [1.54, 1.807) is 48.5 Å². The van der Waals surface area contributed by atoms with Gasteiger partial charge in [-0.1, -0.05) is 66.2 Å². The molecule has 156 valence electrons. The number of hydrogen-bond donors (Lipinski definition) is 1. The van der Waals surface area contributed by atoms with Gasteiger partial charge in [0.15, 0.2) is 0 Å². The van der Waals surface area contributed by atoms with E-state index in [9.17, 15) is 13.2 Å². The normalized spacial score (nSPS) is 12.2. The molecule has 3 rings (SSSR count). The number of nitrogens with one attached hydrogen (secondary N) is 1. The summed E-state index contributed by atoms with van der Waals surface area (Å²) in [5.74, 6) is -0.202. The molecule has 0 saturated carbocycles. The standard InChI is InChI=1S/C24H26N2O3S/c1-19-13-15-23(16-14-19)30(28,29)26(22-11-7-4-8-12-22)18-17-24(27)25-20(2)21-9-5-3-6-10-21/h3-16,20H,17-18H2,1-2H3,(H,25,27). The number of aryl methyl sites for hydroxylation is 1. The maximum atomic E-state index is 13.3. The van der Waals surface area contributed by atoms with Gasteiger partial charge >= 0.3 is 0 Å². The molecule has 0 aromatic heterocycles. The first-order chi connectivity index (χ1) is 14.4. The summed E-state index contributed by atoms with van der Waals surface area (Å²) in [6, 6.07) is 25.1. The molecule has 0 fully saturated rings. The van der Waals surface area contributed by atoms with Gasteiger partial charge in [-0.2, -0.15) is 0 Å². The van der Waals surface area contributed by atoms with E-state index in [1.807, 2.05) is 50.2 Å². The monoisotopic (exact) mass is 422 g/mol. The van der Waals surface area contributed by atoms with Crippen LogP contribution in [-0.4, -0.2) is 20.9 Å². The molecule has 0 aliphatic heterocycles. The fourth-order valence-corrected chi connectivity index (χ4v) is 4.63. The molecule has 1 unspecified atom stereocenters. The molecule has 5 nitrogen and oxygen atoms in total. The SMILES string of the molecule is Cc1ccc(S(=O)(=O)N(CCC(=O)NC(C)c2ccccc2)c2ccccc2)cc1. The van der Waals surface area contributed by atoms with Gasteiger partial charge in [0.05, 0.1) is 16.6 Å². The molecule has 1 N–H and O–H groups in total. The van der Waals surface area contributed by atoms with E-state index in [0.717, 1.165) is 11.1 Å². The fourth-order valence-electron chi connectivity index (χ4n) is 3.16. The number of anilines is 1. The van der Waals surface area contributed by atoms with Gasteiger partial charge in [0, 0.05) is 13.0 Å². The van der Waals surface area contributed by atoms with E-state index in [1.165, 1.54) is 4.31 Å². The number of benzene rings is 3. The smallest absolute Gasteiger partial charge is 0.264 e. The van der Waals surface area contributed by atoms with Crippen molar-refractivity contribution in [1.29, 1.82) is 0 Å². The molecule has 0 saturated heterocycles. The number of carbonyl (C=O) groups excluding carboxylic acids is 1. The predicted octanol–water partition coefficient (Wildman–Crippen LogP) is 4.46. The lowest BCUT2D eigenvalue weighted by Gasteiger charge is -2.25. The second-order valence-corrected chi connectivity index (χ2v) is 9.04. The molecule has 0 heterocycles. The summed E-state index contributed by atoms with van der Waals surface area (Å²) in [5, 5.41) is 2.94. The maximum Gasteiger partial charge on any atom is 0.264 e. The molecule has 0 aliphatic rings. The van der Waals surface area contributed by atoms with Gasteiger partial charge in [0.25, 0.3) is 10.0 Å². The van der Waals surface area contributed by atoms with Crippen LogP contribution in [0.25, 0.3) is 0 Å². The van der Waals surface area contributed by atoms with Crippen molar-refractivity contribution in [3.8, 4) is 0 Å². The van der Waals surface area contributed by atoms with Crippen molar-refractivity contribution < 1.29 is 13.2 Å². The highest BCUT2D eigenvalue weighted by Gasteiger charge is 2.25. The van der Waals surface area contributed by atoms with Crippen LogP contribution < -0.4 is 9.62 Å². The average Bonchev–Trinajstić information content (AvgIpc) is 2.75. The van der Waals surface area contributed by atoms with E-state index in [4.69, 9.17) is 0 Å². The quantitative estimate of drug-likeness (QED) is 0.583. The van der Waals surface area contributed by atoms with Gasteiger partial charge in [-0.3, -0.25) is 9.10 Å². The van der Waals surface area contributed by atoms with Crippen LogP contribution in [0.15, 0.2) is 89.8 Å². The number of hydrogen-bond acceptors (Lipinski definition) is 3. The number of para-hydroxylation sites is 1. The average molecular weight is 423 g/mol. The summed E-state index contributed by atoms with van der Waals surface area (Å²) in [7, 11) is -3.79. The van der Waals surface area contributed by atoms with Gasteiger partial charge in [0.2, 0.25) is 5.91 Å². The van der Waals surface area contributed by atoms with Crippen LogP contribution >= 0.6 is 0 Å². The van der Waals surface area contributed by atoms with Crippen molar-refractivity contribution in [2.75, 3.05) is 10.8 Å². The van der Waals surface area contributed by atoms with E-state index in [-0.39, 0.29) is 29.8 Å². The van der Waals surface area contributed by atoms with Crippen LogP contribution in [0.1, 0.15) is 30.5 Å². The lowest BCUT2D eigenvalue weighted by atomic mass is 10.1. The molecular formula is C24H26N2O3S. The summed E-state index contributed by atoms with van der Waals surface area (Å²) in [6.45, 7) is 3.86. The first kappa shape index (κ1) is 21.6. The highest BCUT2D eigenvalue weighted by atomic mass is 32.2. The fraction of sp³-hybridized carbons (Fsp3) is 0.208. The van der Waals surface area contributed by atoms with E-state index >= 15 is 0 Å². The van der Waals surface area contributed by atoms with Gasteiger partial charge < -0.3 is 5.32 Å². The Labute approximate surface area is 178 Å². The zero-order valence-corrected chi connectivity index (χ0v) is 18.0. The minimum atomic E-state index is -3.79. The highest BCUT2D eigenvalue weighted by Crippen LogP contribution is 2.24. The number of sulfonamides is 1. The molecule has 0 bridgehead atoms. The van der Waals surface area contributed by atoms with Crippen LogP contribution in [0.3, 0.4) is 0 Å². The molecule has 3 aromatic carbocycles. The Balaban J connectivity index is 1.77. The zero-order chi connectivity index (χ0) is 21.6. The third kappa shape index (κ3) is 5.27. The Hall–Kier alpha value is -3.12. The van der Waals surface area contributed by atoms with Crippen LogP contribution in [-0.2, 0) is 14.8 Å². The molecule has 1 amide bonds. The molecule has 0 radical (unpaired) electrons. The Kier molecular flexibility index (Phi) is 6.90. The van der Waals surface area contributed by atoms with Crippen molar-refractivity contribution in [3.05, 3.63) is 96.1 Å². The Morgan fingerprint density at radius 2 is 1.47 bits per heavy atom. The van der Waals surface area contributed by atoms with Crippen molar-refractivity contribution in [3.63, 3.8) is 0 Å². The number of carbonyl (C=O) groups is 1. The first-order valence-corrected chi connectivity index (χ1v) is 11.3. The largest absolute Gasteiger partial charge is 0.350 e. The molecule has 6 heteroatoms. The minimum Gasteiger partial charge on any atom is -0.350 e. The van der Waals surface area contributed by atoms with E-state index < -0.39 is 10.0 Å². The molecule has 30 heavy (non-hydrogen) atoms. The van der Waals surface area contributed by atoms with Crippen LogP contribution in [0.4, 0.5) is 5.69 Å². The van der Waals surface area contributed by atoms with Crippen molar-refractivity contribution >= 4 is 21.6 Å². The summed E-state index contributed by atoms with van der Waals surface area (Å²) >= 11 is 0. The Bertz CT molecular complexity index is 1070. The van der Waals surface area contributed by atoms with Gasteiger partial charge in [-0.25, -0.2) is 8.42 Å². The minimum absolute atomic E-state index is 0.0492. The topological polar surface area (TPSA) is 66.5 Å². The number of rotatable bonds is 8. The lowest BCUT2D eigenvalue weighted by molar-refractivity contribution is -0.121. The van der Waals surface area contributed by atoms with Gasteiger partial charge in [-0.05, 0) is 43.7 Å². The Morgan fingerprint density at radius 1 is 0.900 bits per heavy atom. The molecular weight excluding hydrogens is 396 g/mol. The van der Waals surface area contributed by atoms with Crippen LogP contribution in [0.2, 0.25) is 0 Å². The zero-order valence-electron chi connectivity index (χ0n) is 17.2. The predicted molar refractivity (Wildman–Crippen MR) is 120 cm³/mol. The van der Waals surface area contributed by atoms with Crippen LogP contribution in [0.5, 0.6) is 0 Å². The summed E-state index contributed by atoms with van der Waals surface area (Å²) < 4.78 is 27.9. The third-order valence-corrected chi connectivity index (χ3v) is 6.71. The third-order valence-electron chi connectivity index (χ3n) is 4.87. The summed E-state index contributed by atoms with van der Waals surface area (Å²) in [4.78, 5) is 12.7. The van der Waals surface area contributed by atoms with E-state index in [2.05, 4.69) is 5.32 Å². The summed E-state index contributed by atoms with van der Waals surface area (Å²) in [6.07, 6.45) is 0.0527. The van der Waals surface area contributed by atoms with Crippen molar-refractivity contribution in [1.82, 2.24) is 5.32 Å². The molecule has 0 aliphatic carbocycles. The van der Waals surface area contributed by atoms with Crippen molar-refractivity contribution in [2.45, 2.75) is 31.2 Å². The van der Waals surface area contributed by atoms with Crippen molar-refractivity contribution in [2.24, 2.45) is 0 Å². The second kappa shape index (κ2) is 9.59. The van der Waals surface area contributed by atoms with Gasteiger partial charge in [0.1, 0.15) is 0 Å². The lowest BCUT2D eigenvalue weighted by Crippen LogP contribution is -2.36. The van der Waals surface area contributed by atoms with E-state index in [0.29, 0.717) is 5.69 Å². The maximum absolute atomic E-state index is 13.3. The van der Waals surface area contributed by atoms with Crippen LogP contribution in [0, 0.1) is 6.92 Å². The summed E-state index contributed by atoms with van der Waals surface area (Å²) in [5.41, 5.74) is 2.51. The molecule has 0 spiro atoms. The highest BCUT2D eigenvalue weighted by molar-refractivity contribution is 7.92. The molecule has 1 atom stereocenters. The molecule has 3 aromatic rings. The number of nitrogens with zero attached hydrogens (tertiary/aromatic N) is 1. The Morgan fingerprint density at radius 3 is 2.07 bits per heavy atom. The van der Waals surface area contributed by atoms with Gasteiger partial charge in [-0.15, -0.1) is 0 Å².